The van der Waals surface area contributed by atoms with E-state index in [-0.39, 0.29) is 13.2 Å². The van der Waals surface area contributed by atoms with Crippen LogP contribution in [0.15, 0.2) is 24.3 Å². The van der Waals surface area contributed by atoms with Gasteiger partial charge in [-0.25, -0.2) is 0 Å². The van der Waals surface area contributed by atoms with Crippen molar-refractivity contribution in [2.45, 2.75) is 45.1 Å². The maximum Gasteiger partial charge on any atom is 0.0775 e. The Hall–Kier alpha value is -0.683. The van der Waals surface area contributed by atoms with E-state index in [1.165, 1.54) is 10.8 Å². The van der Waals surface area contributed by atoms with Crippen LogP contribution in [0.25, 0.3) is 0 Å². The molecule has 0 saturated carbocycles. The average Bonchev–Trinajstić information content (AvgIpc) is 2.40. The number of benzene rings is 1. The Morgan fingerprint density at radius 3 is 1.95 bits per heavy atom. The molecule has 0 bridgehead atoms. The van der Waals surface area contributed by atoms with E-state index >= 15 is 0 Å². The first-order chi connectivity index (χ1) is 8.87. The first-order valence-electron chi connectivity index (χ1n) is 6.93. The van der Waals surface area contributed by atoms with Gasteiger partial charge in [-0.05, 0) is 12.0 Å². The Labute approximate surface area is 117 Å². The van der Waals surface area contributed by atoms with Crippen molar-refractivity contribution in [3.63, 3.8) is 0 Å². The van der Waals surface area contributed by atoms with Crippen molar-refractivity contribution in [2.75, 3.05) is 13.2 Å². The summed E-state index contributed by atoms with van der Waals surface area (Å²) in [5.74, 6) is 0. The minimum absolute atomic E-state index is 0.0486. The zero-order chi connectivity index (χ0) is 14.5. The smallest absolute Gasteiger partial charge is 0.0775 e. The highest BCUT2D eigenvalue weighted by Crippen LogP contribution is 2.10. The van der Waals surface area contributed by atoms with E-state index in [0.29, 0.717) is 13.0 Å². The van der Waals surface area contributed by atoms with Crippen LogP contribution in [-0.2, 0) is 6.54 Å². The summed E-state index contributed by atoms with van der Waals surface area (Å²) < 4.78 is 0. The van der Waals surface area contributed by atoms with Crippen LogP contribution in [0, 0.1) is 0 Å². The highest BCUT2D eigenvalue weighted by atomic mass is 28.3. The van der Waals surface area contributed by atoms with Gasteiger partial charge in [0, 0.05) is 6.54 Å². The molecule has 4 heteroatoms. The standard InChI is InChI=1S/C15H27NO2Si/c1-5-15(11-17,12-18)16-10-13-6-8-14(9-7-13)19(2,3)4/h6-9,16-18H,5,10-12H2,1-4H3. The van der Waals surface area contributed by atoms with E-state index in [9.17, 15) is 10.2 Å². The van der Waals surface area contributed by atoms with E-state index in [1.54, 1.807) is 0 Å². The van der Waals surface area contributed by atoms with Crippen LogP contribution >= 0.6 is 0 Å². The topological polar surface area (TPSA) is 52.5 Å². The molecular formula is C15H27NO2Si. The summed E-state index contributed by atoms with van der Waals surface area (Å²) in [4.78, 5) is 0. The Morgan fingerprint density at radius 2 is 1.58 bits per heavy atom. The average molecular weight is 281 g/mol. The fourth-order valence-electron chi connectivity index (χ4n) is 1.92. The van der Waals surface area contributed by atoms with Gasteiger partial charge in [-0.3, -0.25) is 0 Å². The summed E-state index contributed by atoms with van der Waals surface area (Å²) in [5, 5.41) is 23.5. The third-order valence-corrected chi connectivity index (χ3v) is 5.83. The third kappa shape index (κ3) is 4.42. The SMILES string of the molecule is CCC(CO)(CO)NCc1ccc([Si](C)(C)C)cc1. The van der Waals surface area contributed by atoms with Gasteiger partial charge in [0.1, 0.15) is 0 Å². The number of rotatable bonds is 7. The van der Waals surface area contributed by atoms with Gasteiger partial charge in [-0.2, -0.15) is 0 Å². The number of hydrogen-bond acceptors (Lipinski definition) is 3. The van der Waals surface area contributed by atoms with Crippen LogP contribution in [0.4, 0.5) is 0 Å². The molecule has 3 nitrogen and oxygen atoms in total. The summed E-state index contributed by atoms with van der Waals surface area (Å²) in [6.45, 7) is 9.54. The number of nitrogens with one attached hydrogen (secondary N) is 1. The molecule has 0 amide bonds. The van der Waals surface area contributed by atoms with Crippen molar-refractivity contribution in [1.29, 1.82) is 0 Å². The molecule has 19 heavy (non-hydrogen) atoms. The maximum absolute atomic E-state index is 9.39. The quantitative estimate of drug-likeness (QED) is 0.663. The van der Waals surface area contributed by atoms with E-state index in [0.717, 1.165) is 0 Å². The molecule has 1 rings (SSSR count). The normalized spacial score (nSPS) is 12.7. The lowest BCUT2D eigenvalue weighted by molar-refractivity contribution is 0.0864. The lowest BCUT2D eigenvalue weighted by Crippen LogP contribution is -2.50. The van der Waals surface area contributed by atoms with Crippen LogP contribution in [0.2, 0.25) is 19.6 Å². The second-order valence-corrected chi connectivity index (χ2v) is 11.3. The molecule has 0 unspecified atom stereocenters. The third-order valence-electron chi connectivity index (χ3n) is 3.77. The summed E-state index contributed by atoms with van der Waals surface area (Å²) in [6.07, 6.45) is 0.701. The monoisotopic (exact) mass is 281 g/mol. The second kappa shape index (κ2) is 6.66. The molecule has 108 valence electrons. The predicted molar refractivity (Wildman–Crippen MR) is 83.5 cm³/mol. The first-order valence-corrected chi connectivity index (χ1v) is 10.4. The minimum atomic E-state index is -1.24. The van der Waals surface area contributed by atoms with E-state index < -0.39 is 13.6 Å². The second-order valence-electron chi connectivity index (χ2n) is 6.25. The number of aliphatic hydroxyl groups is 2. The Kier molecular flexibility index (Phi) is 5.74. The highest BCUT2D eigenvalue weighted by molar-refractivity contribution is 6.88. The fourth-order valence-corrected chi connectivity index (χ4v) is 3.09. The Morgan fingerprint density at radius 1 is 1.05 bits per heavy atom. The molecule has 0 radical (unpaired) electrons. The van der Waals surface area contributed by atoms with Gasteiger partial charge in [0.2, 0.25) is 0 Å². The molecule has 0 aliphatic rings. The molecule has 0 heterocycles. The van der Waals surface area contributed by atoms with Crippen molar-refractivity contribution < 1.29 is 10.2 Å². The summed E-state index contributed by atoms with van der Waals surface area (Å²) in [6, 6.07) is 8.68. The molecule has 0 spiro atoms. The molecule has 0 aromatic heterocycles. The van der Waals surface area contributed by atoms with E-state index in [2.05, 4.69) is 49.2 Å². The van der Waals surface area contributed by atoms with Gasteiger partial charge in [0.15, 0.2) is 0 Å². The zero-order valence-electron chi connectivity index (χ0n) is 12.5. The largest absolute Gasteiger partial charge is 0.394 e. The van der Waals surface area contributed by atoms with Crippen molar-refractivity contribution in [1.82, 2.24) is 5.32 Å². The predicted octanol–water partition coefficient (Wildman–Crippen LogP) is 1.45. The number of aliphatic hydroxyl groups excluding tert-OH is 2. The Balaban J connectivity index is 2.69. The highest BCUT2D eigenvalue weighted by Gasteiger charge is 2.25. The van der Waals surface area contributed by atoms with Gasteiger partial charge in [0.05, 0.1) is 26.8 Å². The van der Waals surface area contributed by atoms with Crippen molar-refractivity contribution in [3.8, 4) is 0 Å². The molecular weight excluding hydrogens is 254 g/mol. The van der Waals surface area contributed by atoms with Gasteiger partial charge in [0.25, 0.3) is 0 Å². The Bertz CT molecular complexity index is 372. The van der Waals surface area contributed by atoms with Gasteiger partial charge in [-0.15, -0.1) is 0 Å². The molecule has 3 N–H and O–H groups in total. The molecule has 0 aliphatic carbocycles. The van der Waals surface area contributed by atoms with E-state index in [4.69, 9.17) is 0 Å². The lowest BCUT2D eigenvalue weighted by Gasteiger charge is -2.30. The molecule has 0 fully saturated rings. The van der Waals surface area contributed by atoms with Crippen molar-refractivity contribution in [2.24, 2.45) is 0 Å². The van der Waals surface area contributed by atoms with Gasteiger partial charge in [-0.1, -0.05) is 56.0 Å². The lowest BCUT2D eigenvalue weighted by atomic mass is 9.98. The first kappa shape index (κ1) is 16.4. The molecule has 0 atom stereocenters. The minimum Gasteiger partial charge on any atom is -0.394 e. The summed E-state index contributed by atoms with van der Waals surface area (Å²) in [7, 11) is -1.24. The van der Waals surface area contributed by atoms with Gasteiger partial charge >= 0.3 is 0 Å². The summed E-state index contributed by atoms with van der Waals surface area (Å²) >= 11 is 0. The van der Waals surface area contributed by atoms with Crippen LogP contribution in [-0.4, -0.2) is 37.0 Å². The maximum atomic E-state index is 9.39. The van der Waals surface area contributed by atoms with Crippen LogP contribution in [0.5, 0.6) is 0 Å². The molecule has 0 aliphatic heterocycles. The fraction of sp³-hybridized carbons (Fsp3) is 0.600. The molecule has 1 aromatic rings. The van der Waals surface area contributed by atoms with Crippen molar-refractivity contribution >= 4 is 13.3 Å². The van der Waals surface area contributed by atoms with Crippen LogP contribution < -0.4 is 10.5 Å². The van der Waals surface area contributed by atoms with Crippen LogP contribution in [0.3, 0.4) is 0 Å². The van der Waals surface area contributed by atoms with Crippen LogP contribution in [0.1, 0.15) is 18.9 Å². The molecule has 1 aromatic carbocycles. The number of hydrogen-bond donors (Lipinski definition) is 3. The van der Waals surface area contributed by atoms with E-state index in [1.807, 2.05) is 6.92 Å². The zero-order valence-corrected chi connectivity index (χ0v) is 13.5. The van der Waals surface area contributed by atoms with Gasteiger partial charge < -0.3 is 15.5 Å². The molecule has 0 saturated heterocycles. The van der Waals surface area contributed by atoms with Crippen molar-refractivity contribution in [3.05, 3.63) is 29.8 Å². The summed E-state index contributed by atoms with van der Waals surface area (Å²) in [5.41, 5.74) is 0.610.